The fourth-order valence-corrected chi connectivity index (χ4v) is 2.41. The van der Waals surface area contributed by atoms with E-state index in [1.54, 1.807) is 54.6 Å². The summed E-state index contributed by atoms with van der Waals surface area (Å²) in [5.41, 5.74) is 0.871. The molecule has 0 amide bonds. The average molecular weight is 324 g/mol. The van der Waals surface area contributed by atoms with Crippen molar-refractivity contribution in [3.05, 3.63) is 74.6 Å². The average Bonchev–Trinajstić information content (AvgIpc) is 2.54. The third kappa shape index (κ3) is 2.96. The van der Waals surface area contributed by atoms with Crippen LogP contribution in [0.3, 0.4) is 0 Å². The summed E-state index contributed by atoms with van der Waals surface area (Å²) in [4.78, 5) is 11.9. The zero-order chi connectivity index (χ0) is 16.4. The second-order valence-corrected chi connectivity index (χ2v) is 5.29. The normalized spacial score (nSPS) is 11.0. The van der Waals surface area contributed by atoms with E-state index in [4.69, 9.17) is 16.0 Å². The lowest BCUT2D eigenvalue weighted by Gasteiger charge is -2.04. The van der Waals surface area contributed by atoms with Gasteiger partial charge in [0.05, 0.1) is 0 Å². The minimum atomic E-state index is -0.687. The molecule has 0 bridgehead atoms. The van der Waals surface area contributed by atoms with E-state index in [-0.39, 0.29) is 11.3 Å². The van der Waals surface area contributed by atoms with Crippen molar-refractivity contribution >= 4 is 34.7 Å². The minimum absolute atomic E-state index is 0.0743. The van der Waals surface area contributed by atoms with E-state index in [1.807, 2.05) is 6.07 Å². The van der Waals surface area contributed by atoms with E-state index in [0.717, 1.165) is 5.56 Å². The van der Waals surface area contributed by atoms with Crippen LogP contribution in [-0.4, -0.2) is 5.11 Å². The Morgan fingerprint density at radius 2 is 1.87 bits per heavy atom. The predicted molar refractivity (Wildman–Crippen MR) is 89.2 cm³/mol. The minimum Gasteiger partial charge on any atom is -0.508 e. The van der Waals surface area contributed by atoms with E-state index in [9.17, 15) is 15.2 Å². The molecule has 3 aromatic rings. The summed E-state index contributed by atoms with van der Waals surface area (Å²) in [5, 5.41) is 19.6. The van der Waals surface area contributed by atoms with E-state index < -0.39 is 5.63 Å². The molecule has 0 unspecified atom stereocenters. The molecule has 2 aromatic carbocycles. The third-order valence-corrected chi connectivity index (χ3v) is 3.59. The molecule has 0 spiro atoms. The van der Waals surface area contributed by atoms with E-state index in [0.29, 0.717) is 21.6 Å². The Balaban J connectivity index is 2.22. The highest BCUT2D eigenvalue weighted by molar-refractivity contribution is 6.31. The van der Waals surface area contributed by atoms with Crippen LogP contribution in [0.15, 0.2) is 51.7 Å². The van der Waals surface area contributed by atoms with Crippen molar-refractivity contribution in [2.75, 3.05) is 0 Å². The number of hydrogen-bond acceptors (Lipinski definition) is 4. The smallest absolute Gasteiger partial charge is 0.354 e. The summed E-state index contributed by atoms with van der Waals surface area (Å²) in [6.07, 6.45) is 3.41. The van der Waals surface area contributed by atoms with Crippen LogP contribution in [0.4, 0.5) is 0 Å². The molecule has 5 heteroatoms. The number of aromatic hydroxyl groups is 1. The summed E-state index contributed by atoms with van der Waals surface area (Å²) in [7, 11) is 0. The van der Waals surface area contributed by atoms with Crippen LogP contribution < -0.4 is 5.63 Å². The van der Waals surface area contributed by atoms with Gasteiger partial charge in [0.1, 0.15) is 23.0 Å². The van der Waals surface area contributed by atoms with Gasteiger partial charge in [-0.15, -0.1) is 0 Å². The Kier molecular flexibility index (Phi) is 3.88. The quantitative estimate of drug-likeness (QED) is 0.717. The van der Waals surface area contributed by atoms with Gasteiger partial charge in [0, 0.05) is 16.0 Å². The van der Waals surface area contributed by atoms with E-state index in [2.05, 4.69) is 0 Å². The molecule has 1 heterocycles. The highest BCUT2D eigenvalue weighted by atomic mass is 35.5. The van der Waals surface area contributed by atoms with Crippen molar-refractivity contribution in [2.45, 2.75) is 0 Å². The van der Waals surface area contributed by atoms with Crippen molar-refractivity contribution in [3.63, 3.8) is 0 Å². The first-order valence-electron chi connectivity index (χ1n) is 6.72. The van der Waals surface area contributed by atoms with Gasteiger partial charge in [-0.3, -0.25) is 0 Å². The number of hydrogen-bond donors (Lipinski definition) is 1. The highest BCUT2D eigenvalue weighted by Crippen LogP contribution is 2.25. The van der Waals surface area contributed by atoms with Gasteiger partial charge in [-0.05, 0) is 35.9 Å². The van der Waals surface area contributed by atoms with Crippen molar-refractivity contribution in [1.82, 2.24) is 0 Å². The monoisotopic (exact) mass is 323 g/mol. The Labute approximate surface area is 136 Å². The molecular weight excluding hydrogens is 314 g/mol. The van der Waals surface area contributed by atoms with Gasteiger partial charge in [0.25, 0.3) is 0 Å². The second kappa shape index (κ2) is 5.99. The first-order valence-corrected chi connectivity index (χ1v) is 7.10. The van der Waals surface area contributed by atoms with Gasteiger partial charge in [-0.2, -0.15) is 5.26 Å². The number of phenolic OH excluding ortho intramolecular Hbond substituents is 1. The van der Waals surface area contributed by atoms with Crippen LogP contribution in [0.2, 0.25) is 5.02 Å². The van der Waals surface area contributed by atoms with Crippen molar-refractivity contribution in [1.29, 1.82) is 5.26 Å². The molecule has 1 aromatic heterocycles. The molecule has 0 fully saturated rings. The molecule has 0 radical (unpaired) electrons. The van der Waals surface area contributed by atoms with Gasteiger partial charge in [-0.1, -0.05) is 35.9 Å². The fourth-order valence-electron chi connectivity index (χ4n) is 2.24. The second-order valence-electron chi connectivity index (χ2n) is 4.86. The number of fused-ring (bicyclic) bond motifs is 1. The molecule has 23 heavy (non-hydrogen) atoms. The number of benzene rings is 2. The van der Waals surface area contributed by atoms with E-state index in [1.165, 1.54) is 0 Å². The van der Waals surface area contributed by atoms with Crippen LogP contribution in [0, 0.1) is 11.3 Å². The summed E-state index contributed by atoms with van der Waals surface area (Å²) in [6.45, 7) is 0. The van der Waals surface area contributed by atoms with Crippen LogP contribution in [0.1, 0.15) is 16.7 Å². The molecule has 0 aliphatic heterocycles. The maximum Gasteiger partial charge on any atom is 0.354 e. The molecule has 1 N–H and O–H groups in total. The maximum absolute atomic E-state index is 11.9. The summed E-state index contributed by atoms with van der Waals surface area (Å²) >= 11 is 6.01. The Morgan fingerprint density at radius 1 is 1.13 bits per heavy atom. The van der Waals surface area contributed by atoms with Crippen LogP contribution in [0.5, 0.6) is 5.75 Å². The first kappa shape index (κ1) is 14.9. The molecule has 0 saturated carbocycles. The first-order chi connectivity index (χ1) is 11.1. The summed E-state index contributed by atoms with van der Waals surface area (Å²) in [5.74, 6) is 0.164. The van der Waals surface area contributed by atoms with Gasteiger partial charge in [0.2, 0.25) is 0 Å². The van der Waals surface area contributed by atoms with Crippen LogP contribution in [0.25, 0.3) is 23.1 Å². The molecular formula is C18H10ClNO3. The zero-order valence-corrected chi connectivity index (χ0v) is 12.5. The largest absolute Gasteiger partial charge is 0.508 e. The number of nitrogens with zero attached hydrogens (tertiary/aromatic N) is 1. The number of halogens is 1. The van der Waals surface area contributed by atoms with Gasteiger partial charge >= 0.3 is 5.63 Å². The number of phenols is 1. The highest BCUT2D eigenvalue weighted by Gasteiger charge is 2.12. The molecule has 0 aliphatic carbocycles. The van der Waals surface area contributed by atoms with E-state index >= 15 is 0 Å². The summed E-state index contributed by atoms with van der Waals surface area (Å²) < 4.78 is 5.14. The fraction of sp³-hybridized carbons (Fsp3) is 0. The van der Waals surface area contributed by atoms with Gasteiger partial charge in [-0.25, -0.2) is 4.79 Å². The SMILES string of the molecule is N#Cc1c(/C=C/c2ccc(O)cc2)c2cc(Cl)ccc2oc1=O. The molecule has 4 nitrogen and oxygen atoms in total. The Bertz CT molecular complexity index is 1010. The van der Waals surface area contributed by atoms with Crippen molar-refractivity contribution in [3.8, 4) is 11.8 Å². The lowest BCUT2D eigenvalue weighted by molar-refractivity contribution is 0.475. The predicted octanol–water partition coefficient (Wildman–Crippen LogP) is 4.19. The van der Waals surface area contributed by atoms with Crippen molar-refractivity contribution in [2.24, 2.45) is 0 Å². The lowest BCUT2D eigenvalue weighted by atomic mass is 10.0. The van der Waals surface area contributed by atoms with Crippen LogP contribution >= 0.6 is 11.6 Å². The maximum atomic E-state index is 11.9. The van der Waals surface area contributed by atoms with Gasteiger partial charge < -0.3 is 9.52 Å². The standard InChI is InChI=1S/C18H10ClNO3/c19-12-4-8-17-15(9-12)14(16(10-20)18(22)23-17)7-3-11-1-5-13(21)6-2-11/h1-9,21H/b7-3+. The molecule has 0 saturated heterocycles. The number of nitriles is 1. The number of rotatable bonds is 2. The molecule has 3 rings (SSSR count). The zero-order valence-electron chi connectivity index (χ0n) is 11.8. The topological polar surface area (TPSA) is 74.2 Å². The van der Waals surface area contributed by atoms with Crippen molar-refractivity contribution < 1.29 is 9.52 Å². The Hall–Kier alpha value is -3.03. The molecule has 112 valence electrons. The Morgan fingerprint density at radius 3 is 2.57 bits per heavy atom. The van der Waals surface area contributed by atoms with Crippen LogP contribution in [-0.2, 0) is 0 Å². The summed E-state index contributed by atoms with van der Waals surface area (Å²) in [6, 6.07) is 13.3. The lowest BCUT2D eigenvalue weighted by Crippen LogP contribution is -2.06. The van der Waals surface area contributed by atoms with Gasteiger partial charge in [0.15, 0.2) is 0 Å². The molecule has 0 atom stereocenters. The molecule has 0 aliphatic rings. The third-order valence-electron chi connectivity index (χ3n) is 3.36.